The first-order valence-corrected chi connectivity index (χ1v) is 11.9. The molecule has 2 atom stereocenters. The predicted molar refractivity (Wildman–Crippen MR) is 121 cm³/mol. The molecule has 1 aliphatic rings. The van der Waals surface area contributed by atoms with Crippen molar-refractivity contribution in [2.45, 2.75) is 17.2 Å². The second-order valence-electron chi connectivity index (χ2n) is 7.41. The van der Waals surface area contributed by atoms with Crippen molar-refractivity contribution in [3.05, 3.63) is 78.6 Å². The van der Waals surface area contributed by atoms with Crippen LogP contribution in [0.1, 0.15) is 17.9 Å². The summed E-state index contributed by atoms with van der Waals surface area (Å²) in [6, 6.07) is 17.4. The van der Waals surface area contributed by atoms with Gasteiger partial charge in [-0.1, -0.05) is 18.2 Å². The van der Waals surface area contributed by atoms with Gasteiger partial charge in [-0.2, -0.15) is 4.37 Å². The van der Waals surface area contributed by atoms with Crippen LogP contribution in [0.15, 0.2) is 78.0 Å². The van der Waals surface area contributed by atoms with Gasteiger partial charge in [-0.15, -0.1) is 0 Å². The smallest absolute Gasteiger partial charge is 0.263 e. The van der Waals surface area contributed by atoms with Crippen LogP contribution in [0.4, 0.5) is 11.5 Å². The average Bonchev–Trinajstić information content (AvgIpc) is 3.44. The SMILES string of the molecule is O=C(Nc1ccc2cnsc2c1)[C@@H]1C[C@H]1c1ccc(S(=O)(=O)Nc2ccccn2)cc1. The number of hydrogen-bond acceptors (Lipinski definition) is 6. The van der Waals surface area contributed by atoms with E-state index in [0.29, 0.717) is 0 Å². The van der Waals surface area contributed by atoms with E-state index in [1.165, 1.54) is 17.7 Å². The number of benzene rings is 2. The number of anilines is 2. The Hall–Kier alpha value is -3.30. The second-order valence-corrected chi connectivity index (χ2v) is 9.92. The number of sulfonamides is 1. The second kappa shape index (κ2) is 7.75. The minimum absolute atomic E-state index is 0.0256. The molecule has 1 saturated carbocycles. The summed E-state index contributed by atoms with van der Waals surface area (Å²) < 4.78 is 32.7. The summed E-state index contributed by atoms with van der Waals surface area (Å²) in [6.45, 7) is 0. The first-order valence-electron chi connectivity index (χ1n) is 9.69. The van der Waals surface area contributed by atoms with Crippen molar-refractivity contribution in [1.29, 1.82) is 0 Å². The number of nitrogens with zero attached hydrogens (tertiary/aromatic N) is 2. The fourth-order valence-corrected chi connectivity index (χ4v) is 5.23. The predicted octanol–water partition coefficient (Wildman–Crippen LogP) is 4.23. The molecule has 1 fully saturated rings. The van der Waals surface area contributed by atoms with Gasteiger partial charge in [0.05, 0.1) is 9.60 Å². The van der Waals surface area contributed by atoms with Gasteiger partial charge in [0.25, 0.3) is 10.0 Å². The number of fused-ring (bicyclic) bond motifs is 1. The molecule has 0 aliphatic heterocycles. The van der Waals surface area contributed by atoms with Crippen LogP contribution in [0.25, 0.3) is 10.1 Å². The van der Waals surface area contributed by atoms with Crippen LogP contribution >= 0.6 is 11.5 Å². The topological polar surface area (TPSA) is 101 Å². The molecule has 0 radical (unpaired) electrons. The highest BCUT2D eigenvalue weighted by Gasteiger charge is 2.44. The van der Waals surface area contributed by atoms with E-state index in [1.54, 1.807) is 48.7 Å². The molecule has 9 heteroatoms. The van der Waals surface area contributed by atoms with Crippen LogP contribution in [-0.2, 0) is 14.8 Å². The van der Waals surface area contributed by atoms with Crippen LogP contribution < -0.4 is 10.0 Å². The summed E-state index contributed by atoms with van der Waals surface area (Å²) in [6.07, 6.45) is 4.07. The van der Waals surface area contributed by atoms with Crippen molar-refractivity contribution in [3.8, 4) is 0 Å². The van der Waals surface area contributed by atoms with Crippen LogP contribution in [-0.4, -0.2) is 23.7 Å². The van der Waals surface area contributed by atoms with E-state index in [2.05, 4.69) is 19.4 Å². The van der Waals surface area contributed by atoms with Gasteiger partial charge in [-0.3, -0.25) is 9.52 Å². The number of hydrogen-bond donors (Lipinski definition) is 2. The summed E-state index contributed by atoms with van der Waals surface area (Å²) in [5.41, 5.74) is 1.71. The molecule has 5 rings (SSSR count). The zero-order chi connectivity index (χ0) is 21.4. The quantitative estimate of drug-likeness (QED) is 0.458. The minimum atomic E-state index is -3.72. The first-order chi connectivity index (χ1) is 15.0. The highest BCUT2D eigenvalue weighted by Crippen LogP contribution is 2.48. The standard InChI is InChI=1S/C22H18N4O3S2/c27-22(25-16-7-4-15-13-24-30-20(15)11-16)19-12-18(19)14-5-8-17(9-6-14)31(28,29)26-21-3-1-2-10-23-21/h1-11,13,18-19H,12H2,(H,23,26)(H,25,27)/t18-,19+/m0/s1. The van der Waals surface area contributed by atoms with Crippen molar-refractivity contribution < 1.29 is 13.2 Å². The Morgan fingerprint density at radius 2 is 1.90 bits per heavy atom. The largest absolute Gasteiger partial charge is 0.326 e. The third-order valence-corrected chi connectivity index (χ3v) is 7.41. The van der Waals surface area contributed by atoms with Gasteiger partial charge in [-0.25, -0.2) is 13.4 Å². The van der Waals surface area contributed by atoms with Gasteiger partial charge in [0.2, 0.25) is 5.91 Å². The molecule has 0 bridgehead atoms. The minimum Gasteiger partial charge on any atom is -0.326 e. The highest BCUT2D eigenvalue weighted by molar-refractivity contribution is 7.92. The number of pyridine rings is 1. The Morgan fingerprint density at radius 3 is 2.68 bits per heavy atom. The number of aromatic nitrogens is 2. The van der Waals surface area contributed by atoms with Gasteiger partial charge in [0.15, 0.2) is 0 Å². The maximum Gasteiger partial charge on any atom is 0.263 e. The van der Waals surface area contributed by atoms with Crippen LogP contribution in [0.5, 0.6) is 0 Å². The molecule has 0 unspecified atom stereocenters. The summed E-state index contributed by atoms with van der Waals surface area (Å²) in [7, 11) is -3.72. The maximum absolute atomic E-state index is 12.6. The maximum atomic E-state index is 12.6. The third-order valence-electron chi connectivity index (χ3n) is 5.27. The zero-order valence-corrected chi connectivity index (χ0v) is 17.9. The molecule has 4 aromatic rings. The fourth-order valence-electron chi connectivity index (χ4n) is 3.54. The first kappa shape index (κ1) is 19.7. The molecule has 2 aromatic heterocycles. The third kappa shape index (κ3) is 4.14. The lowest BCUT2D eigenvalue weighted by Crippen LogP contribution is -2.15. The number of carbonyl (C=O) groups is 1. The van der Waals surface area contributed by atoms with Crippen molar-refractivity contribution >= 4 is 49.1 Å². The van der Waals surface area contributed by atoms with Gasteiger partial charge in [0.1, 0.15) is 5.82 Å². The van der Waals surface area contributed by atoms with Crippen molar-refractivity contribution in [3.63, 3.8) is 0 Å². The van der Waals surface area contributed by atoms with Crippen molar-refractivity contribution in [2.24, 2.45) is 5.92 Å². The van der Waals surface area contributed by atoms with Crippen molar-refractivity contribution in [2.75, 3.05) is 10.0 Å². The van der Waals surface area contributed by atoms with E-state index in [9.17, 15) is 13.2 Å². The number of amides is 1. The molecule has 2 aromatic carbocycles. The monoisotopic (exact) mass is 450 g/mol. The van der Waals surface area contributed by atoms with Crippen LogP contribution in [0.2, 0.25) is 0 Å². The zero-order valence-electron chi connectivity index (χ0n) is 16.2. The highest BCUT2D eigenvalue weighted by atomic mass is 32.2. The molecule has 1 amide bonds. The van der Waals surface area contributed by atoms with E-state index >= 15 is 0 Å². The molecule has 7 nitrogen and oxygen atoms in total. The number of rotatable bonds is 6. The number of nitrogens with one attached hydrogen (secondary N) is 2. The lowest BCUT2D eigenvalue weighted by Gasteiger charge is -2.08. The van der Waals surface area contributed by atoms with E-state index in [-0.39, 0.29) is 28.5 Å². The molecular formula is C22H18N4O3S2. The van der Waals surface area contributed by atoms with Gasteiger partial charge < -0.3 is 5.32 Å². The average molecular weight is 451 g/mol. The molecular weight excluding hydrogens is 432 g/mol. The Balaban J connectivity index is 1.24. The van der Waals surface area contributed by atoms with Gasteiger partial charge in [-0.05, 0) is 71.9 Å². The molecule has 156 valence electrons. The molecule has 2 heterocycles. The Bertz CT molecular complexity index is 1350. The summed E-state index contributed by atoms with van der Waals surface area (Å²) in [5.74, 6) is 0.211. The van der Waals surface area contributed by atoms with E-state index in [0.717, 1.165) is 27.8 Å². The Kier molecular flexibility index (Phi) is 4.91. The summed E-state index contributed by atoms with van der Waals surface area (Å²) >= 11 is 1.39. The molecule has 0 saturated heterocycles. The number of carbonyl (C=O) groups excluding carboxylic acids is 1. The molecule has 0 spiro atoms. The van der Waals surface area contributed by atoms with Crippen LogP contribution in [0.3, 0.4) is 0 Å². The Morgan fingerprint density at radius 1 is 1.06 bits per heavy atom. The van der Waals surface area contributed by atoms with E-state index < -0.39 is 10.0 Å². The molecule has 31 heavy (non-hydrogen) atoms. The van der Waals surface area contributed by atoms with Crippen molar-refractivity contribution in [1.82, 2.24) is 9.36 Å². The van der Waals surface area contributed by atoms with E-state index in [1.807, 2.05) is 18.2 Å². The summed E-state index contributed by atoms with van der Waals surface area (Å²) in [4.78, 5) is 16.8. The van der Waals surface area contributed by atoms with Crippen LogP contribution in [0, 0.1) is 5.92 Å². The lowest BCUT2D eigenvalue weighted by molar-refractivity contribution is -0.117. The van der Waals surface area contributed by atoms with E-state index in [4.69, 9.17) is 0 Å². The molecule has 1 aliphatic carbocycles. The summed E-state index contributed by atoms with van der Waals surface area (Å²) in [5, 5.41) is 4.03. The van der Waals surface area contributed by atoms with Gasteiger partial charge >= 0.3 is 0 Å². The Labute approximate surface area is 183 Å². The fraction of sp³-hybridized carbons (Fsp3) is 0.136. The lowest BCUT2D eigenvalue weighted by atomic mass is 10.1. The normalized spacial score (nSPS) is 17.9. The van der Waals surface area contributed by atoms with Gasteiger partial charge in [0, 0.05) is 29.4 Å². The molecule has 2 N–H and O–H groups in total.